The average Bonchev–Trinajstić information content (AvgIpc) is 2.53. The summed E-state index contributed by atoms with van der Waals surface area (Å²) in [6.07, 6.45) is 5.04. The highest BCUT2D eigenvalue weighted by Crippen LogP contribution is 2.23. The molecule has 2 rings (SSSR count). The molecule has 0 amide bonds. The Morgan fingerprint density at radius 2 is 2.08 bits per heavy atom. The molecule has 3 heteroatoms. The summed E-state index contributed by atoms with van der Waals surface area (Å²) >= 11 is 0. The first-order valence-corrected chi connectivity index (χ1v) is 5.01. The van der Waals surface area contributed by atoms with E-state index in [4.69, 9.17) is 0 Å². The van der Waals surface area contributed by atoms with Gasteiger partial charge in [-0.15, -0.1) is 0 Å². The van der Waals surface area contributed by atoms with Crippen LogP contribution in [-0.2, 0) is 0 Å². The van der Waals surface area contributed by atoms with Gasteiger partial charge in [0, 0.05) is 6.54 Å². The molecule has 2 aliphatic rings. The van der Waals surface area contributed by atoms with E-state index in [-0.39, 0.29) is 0 Å². The third-order valence-electron chi connectivity index (χ3n) is 2.90. The number of piperidine rings is 1. The number of nitrogens with zero attached hydrogens (tertiary/aromatic N) is 1. The monoisotopic (exact) mass is 172 g/mol. The summed E-state index contributed by atoms with van der Waals surface area (Å²) in [4.78, 5) is 1.99. The summed E-state index contributed by atoms with van der Waals surface area (Å²) in [5.41, 5.74) is 0. The van der Waals surface area contributed by atoms with E-state index < -0.39 is 6.30 Å². The van der Waals surface area contributed by atoms with Crippen LogP contribution < -0.4 is 5.32 Å². The minimum atomic E-state index is -0.680. The van der Waals surface area contributed by atoms with Crippen LogP contribution in [0, 0.1) is 0 Å². The van der Waals surface area contributed by atoms with Gasteiger partial charge in [-0.05, 0) is 38.6 Å². The molecule has 0 bridgehead atoms. The molecule has 2 aliphatic heterocycles. The first kappa shape index (κ1) is 8.45. The number of alkyl halides is 1. The molecule has 0 aliphatic carbocycles. The van der Waals surface area contributed by atoms with Crippen LogP contribution >= 0.6 is 0 Å². The highest BCUT2D eigenvalue weighted by Gasteiger charge is 2.30. The van der Waals surface area contributed by atoms with E-state index in [1.165, 1.54) is 12.8 Å². The van der Waals surface area contributed by atoms with Crippen molar-refractivity contribution in [2.24, 2.45) is 0 Å². The second-order valence-electron chi connectivity index (χ2n) is 3.78. The summed E-state index contributed by atoms with van der Waals surface area (Å²) in [6, 6.07) is 0. The van der Waals surface area contributed by atoms with Crippen LogP contribution in [-0.4, -0.2) is 30.5 Å². The van der Waals surface area contributed by atoms with Crippen molar-refractivity contribution in [2.45, 2.75) is 44.6 Å². The second-order valence-corrected chi connectivity index (χ2v) is 3.78. The van der Waals surface area contributed by atoms with Crippen molar-refractivity contribution in [1.29, 1.82) is 0 Å². The summed E-state index contributed by atoms with van der Waals surface area (Å²) in [7, 11) is 0. The molecular formula is C9H17FN2. The maximum atomic E-state index is 13.3. The Hall–Kier alpha value is -0.150. The summed E-state index contributed by atoms with van der Waals surface area (Å²) in [6.45, 7) is 2.01. The molecule has 2 saturated heterocycles. The van der Waals surface area contributed by atoms with Gasteiger partial charge in [-0.2, -0.15) is 0 Å². The topological polar surface area (TPSA) is 15.3 Å². The van der Waals surface area contributed by atoms with Gasteiger partial charge >= 0.3 is 0 Å². The molecular weight excluding hydrogens is 155 g/mol. The smallest absolute Gasteiger partial charge is 0.154 e. The molecule has 1 N–H and O–H groups in total. The average molecular weight is 172 g/mol. The van der Waals surface area contributed by atoms with Crippen molar-refractivity contribution < 1.29 is 4.39 Å². The molecule has 2 nitrogen and oxygen atoms in total. The molecule has 12 heavy (non-hydrogen) atoms. The summed E-state index contributed by atoms with van der Waals surface area (Å²) in [5.74, 6) is 0. The number of likely N-dealkylation sites (tertiary alicyclic amines) is 1. The molecule has 2 fully saturated rings. The lowest BCUT2D eigenvalue weighted by molar-refractivity contribution is 0.0518. The van der Waals surface area contributed by atoms with E-state index in [0.29, 0.717) is 6.17 Å². The summed E-state index contributed by atoms with van der Waals surface area (Å²) in [5, 5.41) is 3.38. The first-order chi connectivity index (χ1) is 5.88. The van der Waals surface area contributed by atoms with Crippen LogP contribution in [0.3, 0.4) is 0 Å². The lowest BCUT2D eigenvalue weighted by atomic mass is 10.1. The van der Waals surface area contributed by atoms with Gasteiger partial charge in [0.25, 0.3) is 0 Å². The quantitative estimate of drug-likeness (QED) is 0.603. The number of rotatable bonds is 1. The van der Waals surface area contributed by atoms with E-state index in [2.05, 4.69) is 5.32 Å². The first-order valence-electron chi connectivity index (χ1n) is 5.01. The van der Waals surface area contributed by atoms with Crippen LogP contribution in [0.4, 0.5) is 4.39 Å². The van der Waals surface area contributed by atoms with Gasteiger partial charge in [-0.3, -0.25) is 4.90 Å². The van der Waals surface area contributed by atoms with Gasteiger partial charge in [0.2, 0.25) is 0 Å². The largest absolute Gasteiger partial charge is 0.302 e. The van der Waals surface area contributed by atoms with Gasteiger partial charge < -0.3 is 5.32 Å². The van der Waals surface area contributed by atoms with Crippen LogP contribution in [0.25, 0.3) is 0 Å². The van der Waals surface area contributed by atoms with Gasteiger partial charge in [-0.25, -0.2) is 4.39 Å². The second kappa shape index (κ2) is 3.71. The highest BCUT2D eigenvalue weighted by atomic mass is 19.1. The fraction of sp³-hybridized carbons (Fsp3) is 1.00. The molecule has 0 spiro atoms. The number of halogens is 1. The Morgan fingerprint density at radius 3 is 2.67 bits per heavy atom. The third kappa shape index (κ3) is 1.62. The van der Waals surface area contributed by atoms with E-state index in [1.54, 1.807) is 0 Å². The predicted octanol–water partition coefficient (Wildman–Crippen LogP) is 1.48. The lowest BCUT2D eigenvalue weighted by Crippen LogP contribution is -2.49. The molecule has 70 valence electrons. The Balaban J connectivity index is 1.89. The van der Waals surface area contributed by atoms with Gasteiger partial charge in [0.1, 0.15) is 0 Å². The van der Waals surface area contributed by atoms with Crippen molar-refractivity contribution in [3.63, 3.8) is 0 Å². The molecule has 2 heterocycles. The molecule has 0 radical (unpaired) electrons. The fourth-order valence-electron chi connectivity index (χ4n) is 2.22. The molecule has 0 aromatic rings. The maximum absolute atomic E-state index is 13.3. The van der Waals surface area contributed by atoms with E-state index in [1.807, 2.05) is 4.90 Å². The van der Waals surface area contributed by atoms with E-state index in [0.717, 1.165) is 32.4 Å². The standard InChI is InChI=1S/C9H17FN2/c10-8-4-3-7-12(8)9-5-1-2-6-11-9/h8-9,11H,1-7H2. The van der Waals surface area contributed by atoms with Crippen LogP contribution in [0.5, 0.6) is 0 Å². The van der Waals surface area contributed by atoms with Crippen LogP contribution in [0.2, 0.25) is 0 Å². The molecule has 0 saturated carbocycles. The lowest BCUT2D eigenvalue weighted by Gasteiger charge is -2.33. The number of hydrogen-bond acceptors (Lipinski definition) is 2. The van der Waals surface area contributed by atoms with Gasteiger partial charge in [0.15, 0.2) is 6.30 Å². The molecule has 0 aromatic carbocycles. The molecule has 2 unspecified atom stereocenters. The third-order valence-corrected chi connectivity index (χ3v) is 2.90. The van der Waals surface area contributed by atoms with Crippen LogP contribution in [0.1, 0.15) is 32.1 Å². The molecule has 0 aromatic heterocycles. The molecule has 2 atom stereocenters. The predicted molar refractivity (Wildman–Crippen MR) is 46.5 cm³/mol. The number of hydrogen-bond donors (Lipinski definition) is 1. The zero-order chi connectivity index (χ0) is 8.39. The van der Waals surface area contributed by atoms with Crippen molar-refractivity contribution in [1.82, 2.24) is 10.2 Å². The van der Waals surface area contributed by atoms with Gasteiger partial charge in [-0.1, -0.05) is 0 Å². The van der Waals surface area contributed by atoms with Gasteiger partial charge in [0.05, 0.1) is 6.17 Å². The van der Waals surface area contributed by atoms with E-state index >= 15 is 0 Å². The Kier molecular flexibility index (Phi) is 2.61. The SMILES string of the molecule is FC1CCCN1C1CCCCN1. The minimum Gasteiger partial charge on any atom is -0.302 e. The van der Waals surface area contributed by atoms with Crippen molar-refractivity contribution in [3.8, 4) is 0 Å². The fourth-order valence-corrected chi connectivity index (χ4v) is 2.22. The maximum Gasteiger partial charge on any atom is 0.154 e. The Morgan fingerprint density at radius 1 is 1.17 bits per heavy atom. The highest BCUT2D eigenvalue weighted by molar-refractivity contribution is 4.80. The van der Waals surface area contributed by atoms with Crippen molar-refractivity contribution in [2.75, 3.05) is 13.1 Å². The zero-order valence-corrected chi connectivity index (χ0v) is 7.43. The minimum absolute atomic E-state index is 0.330. The van der Waals surface area contributed by atoms with Crippen molar-refractivity contribution in [3.05, 3.63) is 0 Å². The summed E-state index contributed by atoms with van der Waals surface area (Å²) < 4.78 is 13.3. The van der Waals surface area contributed by atoms with Crippen LogP contribution in [0.15, 0.2) is 0 Å². The van der Waals surface area contributed by atoms with Crippen molar-refractivity contribution >= 4 is 0 Å². The Bertz CT molecular complexity index is 145. The number of nitrogens with one attached hydrogen (secondary N) is 1. The normalized spacial score (nSPS) is 38.8. The zero-order valence-electron chi connectivity index (χ0n) is 7.43. The van der Waals surface area contributed by atoms with E-state index in [9.17, 15) is 4.39 Å². The Labute approximate surface area is 73.1 Å².